The number of nitrogens with two attached hydrogens (primary N) is 1. The second-order valence-electron chi connectivity index (χ2n) is 3.72. The second-order valence-corrected chi connectivity index (χ2v) is 4.12. The van der Waals surface area contributed by atoms with E-state index >= 15 is 0 Å². The van der Waals surface area contributed by atoms with Gasteiger partial charge >= 0.3 is 6.01 Å². The molecule has 0 aliphatic carbocycles. The monoisotopic (exact) mass is 298 g/mol. The molecular weight excluding hydrogens is 287 g/mol. The predicted molar refractivity (Wildman–Crippen MR) is 72.9 cm³/mol. The third-order valence-corrected chi connectivity index (χ3v) is 2.65. The fraction of sp³-hybridized carbons (Fsp3) is 0.182. The van der Waals surface area contributed by atoms with Gasteiger partial charge in [-0.25, -0.2) is 10.2 Å². The van der Waals surface area contributed by atoms with Crippen molar-refractivity contribution in [2.75, 3.05) is 17.9 Å². The number of rotatable bonds is 5. The van der Waals surface area contributed by atoms with Gasteiger partial charge in [-0.05, 0) is 17.7 Å². The minimum atomic E-state index is -0.466. The summed E-state index contributed by atoms with van der Waals surface area (Å²) in [6.07, 6.45) is 0. The van der Waals surface area contributed by atoms with Crippen LogP contribution in [0.3, 0.4) is 0 Å². The molecule has 4 N–H and O–H groups in total. The van der Waals surface area contributed by atoms with Gasteiger partial charge < -0.3 is 10.1 Å². The summed E-state index contributed by atoms with van der Waals surface area (Å²) in [6, 6.07) is 4.53. The molecule has 9 heteroatoms. The smallest absolute Gasteiger partial charge is 0.322 e. The second kappa shape index (κ2) is 6.31. The van der Waals surface area contributed by atoms with Crippen molar-refractivity contribution in [3.8, 4) is 6.01 Å². The summed E-state index contributed by atoms with van der Waals surface area (Å²) < 4.78 is 18.0. The maximum atomic E-state index is 13.0. The van der Waals surface area contributed by atoms with Crippen molar-refractivity contribution in [1.29, 1.82) is 0 Å². The molecule has 106 valence electrons. The lowest BCUT2D eigenvalue weighted by Crippen LogP contribution is -2.14. The molecule has 1 aromatic heterocycles. The van der Waals surface area contributed by atoms with E-state index in [0.29, 0.717) is 6.54 Å². The number of benzene rings is 1. The predicted octanol–water partition coefficient (Wildman–Crippen LogP) is 1.57. The summed E-state index contributed by atoms with van der Waals surface area (Å²) in [5.41, 5.74) is 3.08. The molecule has 0 aliphatic rings. The topological polar surface area (TPSA) is 98.0 Å². The van der Waals surface area contributed by atoms with Crippen molar-refractivity contribution in [2.24, 2.45) is 5.84 Å². The maximum Gasteiger partial charge on any atom is 0.322 e. The molecule has 0 saturated heterocycles. The Morgan fingerprint density at radius 3 is 2.70 bits per heavy atom. The first kappa shape index (κ1) is 14.2. The van der Waals surface area contributed by atoms with E-state index < -0.39 is 5.82 Å². The van der Waals surface area contributed by atoms with Crippen LogP contribution in [-0.4, -0.2) is 22.1 Å². The van der Waals surface area contributed by atoms with Crippen LogP contribution in [0.1, 0.15) is 5.56 Å². The van der Waals surface area contributed by atoms with Crippen LogP contribution >= 0.6 is 11.6 Å². The fourth-order valence-electron chi connectivity index (χ4n) is 1.42. The Balaban J connectivity index is 2.11. The first-order chi connectivity index (χ1) is 9.62. The highest BCUT2D eigenvalue weighted by atomic mass is 35.5. The van der Waals surface area contributed by atoms with Crippen LogP contribution in [-0.2, 0) is 6.54 Å². The van der Waals surface area contributed by atoms with Gasteiger partial charge in [-0.15, -0.1) is 0 Å². The summed E-state index contributed by atoms with van der Waals surface area (Å²) in [7, 11) is 1.43. The SMILES string of the molecule is COc1nc(NN)nc(NCc2ccc(F)c(Cl)c2)n1. The van der Waals surface area contributed by atoms with Gasteiger partial charge in [-0.3, -0.25) is 5.43 Å². The minimum absolute atomic E-state index is 0.0573. The molecule has 2 aromatic rings. The Morgan fingerprint density at radius 1 is 1.30 bits per heavy atom. The molecule has 0 amide bonds. The zero-order chi connectivity index (χ0) is 14.5. The molecular formula is C11H12ClFN6O. The lowest BCUT2D eigenvalue weighted by atomic mass is 10.2. The third-order valence-electron chi connectivity index (χ3n) is 2.36. The molecule has 0 radical (unpaired) electrons. The molecule has 0 unspecified atom stereocenters. The van der Waals surface area contributed by atoms with E-state index in [2.05, 4.69) is 25.7 Å². The lowest BCUT2D eigenvalue weighted by molar-refractivity contribution is 0.379. The van der Waals surface area contributed by atoms with Gasteiger partial charge in [-0.2, -0.15) is 15.0 Å². The Labute approximate surface area is 119 Å². The number of hydrogen-bond donors (Lipinski definition) is 3. The van der Waals surface area contributed by atoms with Crippen LogP contribution in [0.2, 0.25) is 5.02 Å². The molecule has 0 bridgehead atoms. The first-order valence-electron chi connectivity index (χ1n) is 5.57. The summed E-state index contributed by atoms with van der Waals surface area (Å²) in [6.45, 7) is 0.358. The average molecular weight is 299 g/mol. The Morgan fingerprint density at radius 2 is 2.05 bits per heavy atom. The molecule has 20 heavy (non-hydrogen) atoms. The number of aromatic nitrogens is 3. The van der Waals surface area contributed by atoms with Gasteiger partial charge in [0.25, 0.3) is 0 Å². The number of hydrazine groups is 1. The molecule has 0 spiro atoms. The van der Waals surface area contributed by atoms with E-state index in [9.17, 15) is 4.39 Å². The Hall–Kier alpha value is -2.19. The first-order valence-corrected chi connectivity index (χ1v) is 5.94. The number of ether oxygens (including phenoxy) is 1. The van der Waals surface area contributed by atoms with E-state index in [1.165, 1.54) is 19.2 Å². The van der Waals surface area contributed by atoms with E-state index in [1.807, 2.05) is 0 Å². The maximum absolute atomic E-state index is 13.0. The molecule has 0 aliphatic heterocycles. The Kier molecular flexibility index (Phi) is 4.49. The minimum Gasteiger partial charge on any atom is -0.467 e. The molecule has 0 fully saturated rings. The van der Waals surface area contributed by atoms with E-state index in [0.717, 1.165) is 5.56 Å². The van der Waals surface area contributed by atoms with Crippen LogP contribution in [0.25, 0.3) is 0 Å². The van der Waals surface area contributed by atoms with Crippen molar-refractivity contribution in [1.82, 2.24) is 15.0 Å². The van der Waals surface area contributed by atoms with Crippen molar-refractivity contribution in [3.63, 3.8) is 0 Å². The number of nitrogens with one attached hydrogen (secondary N) is 2. The van der Waals surface area contributed by atoms with Crippen molar-refractivity contribution >= 4 is 23.5 Å². The number of methoxy groups -OCH3 is 1. The lowest BCUT2D eigenvalue weighted by Gasteiger charge is -2.08. The highest BCUT2D eigenvalue weighted by Gasteiger charge is 2.06. The van der Waals surface area contributed by atoms with Crippen LogP contribution in [0.15, 0.2) is 18.2 Å². The third kappa shape index (κ3) is 3.43. The van der Waals surface area contributed by atoms with E-state index in [1.54, 1.807) is 6.07 Å². The molecule has 0 atom stereocenters. The number of anilines is 2. The summed E-state index contributed by atoms with van der Waals surface area (Å²) in [5, 5.41) is 3.00. The van der Waals surface area contributed by atoms with Crippen molar-refractivity contribution < 1.29 is 9.13 Å². The van der Waals surface area contributed by atoms with Gasteiger partial charge in [0.05, 0.1) is 12.1 Å². The number of hydrogen-bond acceptors (Lipinski definition) is 7. The average Bonchev–Trinajstić information content (AvgIpc) is 2.48. The van der Waals surface area contributed by atoms with Gasteiger partial charge in [0.2, 0.25) is 11.9 Å². The summed E-state index contributed by atoms with van der Waals surface area (Å²) in [5.74, 6) is 5.21. The quantitative estimate of drug-likeness (QED) is 0.569. The summed E-state index contributed by atoms with van der Waals surface area (Å²) in [4.78, 5) is 11.9. The molecule has 1 aromatic carbocycles. The van der Waals surface area contributed by atoms with Gasteiger partial charge in [0, 0.05) is 6.54 Å². The van der Waals surface area contributed by atoms with Crippen LogP contribution in [0, 0.1) is 5.82 Å². The highest BCUT2D eigenvalue weighted by molar-refractivity contribution is 6.30. The fourth-order valence-corrected chi connectivity index (χ4v) is 1.63. The largest absolute Gasteiger partial charge is 0.467 e. The number of nitrogens with zero attached hydrogens (tertiary/aromatic N) is 3. The number of halogens is 2. The van der Waals surface area contributed by atoms with Gasteiger partial charge in [0.1, 0.15) is 5.82 Å². The zero-order valence-electron chi connectivity index (χ0n) is 10.5. The zero-order valence-corrected chi connectivity index (χ0v) is 11.3. The van der Waals surface area contributed by atoms with E-state index in [-0.39, 0.29) is 22.9 Å². The van der Waals surface area contributed by atoms with Crippen molar-refractivity contribution in [3.05, 3.63) is 34.6 Å². The Bertz CT molecular complexity index is 589. The molecule has 0 saturated carbocycles. The molecule has 1 heterocycles. The normalized spacial score (nSPS) is 10.2. The number of nitrogen functional groups attached to an aromatic ring is 1. The molecule has 7 nitrogen and oxygen atoms in total. The van der Waals surface area contributed by atoms with Gasteiger partial charge in [-0.1, -0.05) is 17.7 Å². The van der Waals surface area contributed by atoms with Crippen LogP contribution in [0.5, 0.6) is 6.01 Å². The van der Waals surface area contributed by atoms with Crippen molar-refractivity contribution in [2.45, 2.75) is 6.54 Å². The molecule has 2 rings (SSSR count). The van der Waals surface area contributed by atoms with Gasteiger partial charge in [0.15, 0.2) is 0 Å². The highest BCUT2D eigenvalue weighted by Crippen LogP contribution is 2.17. The van der Waals surface area contributed by atoms with Crippen LogP contribution in [0.4, 0.5) is 16.3 Å². The van der Waals surface area contributed by atoms with E-state index in [4.69, 9.17) is 22.2 Å². The van der Waals surface area contributed by atoms with Crippen LogP contribution < -0.4 is 21.3 Å². The standard InChI is InChI=1S/C11H12ClFN6O/c1-20-11-17-9(16-10(18-11)19-14)15-5-6-2-3-8(13)7(12)4-6/h2-4H,5,14H2,1H3,(H2,15,16,17,18,19). The summed E-state index contributed by atoms with van der Waals surface area (Å²) >= 11 is 5.70.